The van der Waals surface area contributed by atoms with Crippen molar-refractivity contribution < 1.29 is 19.4 Å². The number of hydrogen-bond acceptors (Lipinski definition) is 3. The van der Waals surface area contributed by atoms with Crippen LogP contribution >= 0.6 is 0 Å². The molecule has 23 heavy (non-hydrogen) atoms. The van der Waals surface area contributed by atoms with E-state index in [0.717, 1.165) is 11.3 Å². The topological polar surface area (TPSA) is 78.9 Å². The molecule has 1 saturated heterocycles. The molecule has 0 bridgehead atoms. The number of rotatable bonds is 6. The molecule has 0 radical (unpaired) electrons. The van der Waals surface area contributed by atoms with Crippen LogP contribution in [0.5, 0.6) is 5.75 Å². The lowest BCUT2D eigenvalue weighted by Crippen LogP contribution is -2.45. The predicted octanol–water partition coefficient (Wildman–Crippen LogP) is 2.13. The van der Waals surface area contributed by atoms with Crippen LogP contribution in [-0.4, -0.2) is 48.2 Å². The zero-order valence-electron chi connectivity index (χ0n) is 13.5. The van der Waals surface area contributed by atoms with E-state index in [0.29, 0.717) is 45.5 Å². The van der Waals surface area contributed by atoms with E-state index in [-0.39, 0.29) is 11.9 Å². The molecule has 1 aromatic rings. The van der Waals surface area contributed by atoms with Crippen molar-refractivity contribution >= 4 is 12.0 Å². The lowest BCUT2D eigenvalue weighted by atomic mass is 9.97. The number of amides is 2. The maximum absolute atomic E-state index is 12.1. The third kappa shape index (κ3) is 4.87. The molecular weight excluding hydrogens is 296 g/mol. The van der Waals surface area contributed by atoms with E-state index in [1.54, 1.807) is 4.90 Å². The minimum absolute atomic E-state index is 0.122. The van der Waals surface area contributed by atoms with Gasteiger partial charge in [0.25, 0.3) is 0 Å². The van der Waals surface area contributed by atoms with Gasteiger partial charge in [-0.05, 0) is 37.8 Å². The van der Waals surface area contributed by atoms with Crippen molar-refractivity contribution in [1.29, 1.82) is 0 Å². The Morgan fingerprint density at radius 1 is 1.30 bits per heavy atom. The fourth-order valence-electron chi connectivity index (χ4n) is 2.75. The molecule has 6 heteroatoms. The lowest BCUT2D eigenvalue weighted by Gasteiger charge is -2.30. The number of carbonyl (C=O) groups excluding carboxylic acids is 1. The molecule has 0 aromatic heterocycles. The number of carbonyl (C=O) groups is 2. The van der Waals surface area contributed by atoms with Crippen LogP contribution in [0, 0.1) is 5.92 Å². The number of benzene rings is 1. The molecule has 0 aliphatic carbocycles. The van der Waals surface area contributed by atoms with Crippen molar-refractivity contribution in [3.05, 3.63) is 29.8 Å². The van der Waals surface area contributed by atoms with Crippen molar-refractivity contribution in [2.24, 2.45) is 5.92 Å². The highest BCUT2D eigenvalue weighted by molar-refractivity contribution is 5.75. The molecular formula is C17H24N2O4. The SMILES string of the molecule is CCOc1ccccc1CCNC(=O)N1CCC(C(=O)O)CC1. The van der Waals surface area contributed by atoms with Crippen LogP contribution in [-0.2, 0) is 11.2 Å². The van der Waals surface area contributed by atoms with Gasteiger partial charge in [0.1, 0.15) is 5.75 Å². The van der Waals surface area contributed by atoms with Gasteiger partial charge in [0.15, 0.2) is 0 Å². The number of carboxylic acids is 1. The van der Waals surface area contributed by atoms with Crippen molar-refractivity contribution in [3.63, 3.8) is 0 Å². The standard InChI is InChI=1S/C17H24N2O4/c1-2-23-15-6-4-3-5-13(15)7-10-18-17(22)19-11-8-14(9-12-19)16(20)21/h3-6,14H,2,7-12H2,1H3,(H,18,22)(H,20,21). The van der Waals surface area contributed by atoms with Gasteiger partial charge in [0.2, 0.25) is 0 Å². The van der Waals surface area contributed by atoms with Crippen LogP contribution in [0.2, 0.25) is 0 Å². The van der Waals surface area contributed by atoms with Crippen molar-refractivity contribution in [3.8, 4) is 5.75 Å². The third-order valence-corrected chi connectivity index (χ3v) is 4.07. The Morgan fingerprint density at radius 3 is 2.65 bits per heavy atom. The molecule has 0 atom stereocenters. The Bertz CT molecular complexity index is 539. The molecule has 2 N–H and O–H groups in total. The molecule has 2 amide bonds. The van der Waals surface area contributed by atoms with Gasteiger partial charge in [-0.2, -0.15) is 0 Å². The van der Waals surface area contributed by atoms with E-state index in [9.17, 15) is 9.59 Å². The monoisotopic (exact) mass is 320 g/mol. The Hall–Kier alpha value is -2.24. The number of para-hydroxylation sites is 1. The summed E-state index contributed by atoms with van der Waals surface area (Å²) in [4.78, 5) is 24.7. The average Bonchev–Trinajstić information content (AvgIpc) is 2.56. The van der Waals surface area contributed by atoms with Crippen LogP contribution in [0.4, 0.5) is 4.79 Å². The highest BCUT2D eigenvalue weighted by Crippen LogP contribution is 2.19. The summed E-state index contributed by atoms with van der Waals surface area (Å²) in [5, 5.41) is 11.9. The second kappa shape index (κ2) is 8.41. The van der Waals surface area contributed by atoms with Gasteiger partial charge in [0, 0.05) is 19.6 Å². The van der Waals surface area contributed by atoms with Crippen LogP contribution in [0.15, 0.2) is 24.3 Å². The fourth-order valence-corrected chi connectivity index (χ4v) is 2.75. The Kier molecular flexibility index (Phi) is 6.26. The number of likely N-dealkylation sites (tertiary alicyclic amines) is 1. The summed E-state index contributed by atoms with van der Waals surface area (Å²) >= 11 is 0. The first-order valence-electron chi connectivity index (χ1n) is 8.08. The summed E-state index contributed by atoms with van der Waals surface area (Å²) in [6.07, 6.45) is 1.75. The molecule has 1 heterocycles. The van der Waals surface area contributed by atoms with Gasteiger partial charge in [0.05, 0.1) is 12.5 Å². The highest BCUT2D eigenvalue weighted by Gasteiger charge is 2.26. The maximum Gasteiger partial charge on any atom is 0.317 e. The zero-order chi connectivity index (χ0) is 16.7. The first-order chi connectivity index (χ1) is 11.1. The summed E-state index contributed by atoms with van der Waals surface area (Å²) < 4.78 is 5.57. The van der Waals surface area contributed by atoms with Gasteiger partial charge in [-0.1, -0.05) is 18.2 Å². The number of hydrogen-bond donors (Lipinski definition) is 2. The largest absolute Gasteiger partial charge is 0.494 e. The summed E-state index contributed by atoms with van der Waals surface area (Å²) in [5.74, 6) is -0.235. The van der Waals surface area contributed by atoms with Crippen molar-refractivity contribution in [1.82, 2.24) is 10.2 Å². The molecule has 0 saturated carbocycles. The second-order valence-corrected chi connectivity index (χ2v) is 5.62. The Balaban J connectivity index is 1.76. The number of nitrogens with zero attached hydrogens (tertiary/aromatic N) is 1. The molecule has 1 aliphatic heterocycles. The van der Waals surface area contributed by atoms with Crippen LogP contribution in [0.3, 0.4) is 0 Å². The molecule has 0 unspecified atom stereocenters. The minimum atomic E-state index is -0.766. The highest BCUT2D eigenvalue weighted by atomic mass is 16.5. The number of piperidine rings is 1. The van der Waals surface area contributed by atoms with Crippen molar-refractivity contribution in [2.75, 3.05) is 26.2 Å². The van der Waals surface area contributed by atoms with E-state index in [1.165, 1.54) is 0 Å². The number of ether oxygens (including phenoxy) is 1. The molecule has 1 fully saturated rings. The minimum Gasteiger partial charge on any atom is -0.494 e. The first kappa shape index (κ1) is 17.1. The maximum atomic E-state index is 12.1. The zero-order valence-corrected chi connectivity index (χ0v) is 13.5. The normalized spacial score (nSPS) is 15.3. The quantitative estimate of drug-likeness (QED) is 0.841. The van der Waals surface area contributed by atoms with Gasteiger partial charge in [-0.3, -0.25) is 4.79 Å². The van der Waals surface area contributed by atoms with E-state index < -0.39 is 5.97 Å². The molecule has 0 spiro atoms. The number of nitrogens with one attached hydrogen (secondary N) is 1. The number of carboxylic acid groups (broad SMARTS) is 1. The van der Waals surface area contributed by atoms with Gasteiger partial charge >= 0.3 is 12.0 Å². The molecule has 1 aromatic carbocycles. The molecule has 1 aliphatic rings. The summed E-state index contributed by atoms with van der Waals surface area (Å²) in [5.41, 5.74) is 1.07. The summed E-state index contributed by atoms with van der Waals surface area (Å²) in [6, 6.07) is 7.69. The van der Waals surface area contributed by atoms with E-state index >= 15 is 0 Å². The number of urea groups is 1. The van der Waals surface area contributed by atoms with Crippen LogP contribution < -0.4 is 10.1 Å². The van der Waals surface area contributed by atoms with E-state index in [2.05, 4.69) is 5.32 Å². The van der Waals surface area contributed by atoms with Crippen LogP contribution in [0.1, 0.15) is 25.3 Å². The van der Waals surface area contributed by atoms with E-state index in [1.807, 2.05) is 31.2 Å². The molecule has 2 rings (SSSR count). The van der Waals surface area contributed by atoms with E-state index in [4.69, 9.17) is 9.84 Å². The Labute approximate surface area is 136 Å². The lowest BCUT2D eigenvalue weighted by molar-refractivity contribution is -0.143. The smallest absolute Gasteiger partial charge is 0.317 e. The average molecular weight is 320 g/mol. The Morgan fingerprint density at radius 2 is 2.00 bits per heavy atom. The summed E-state index contributed by atoms with van der Waals surface area (Å²) in [6.45, 7) is 4.08. The van der Waals surface area contributed by atoms with Gasteiger partial charge in [-0.25, -0.2) is 4.79 Å². The van der Waals surface area contributed by atoms with Crippen molar-refractivity contribution in [2.45, 2.75) is 26.2 Å². The van der Waals surface area contributed by atoms with Gasteiger partial charge < -0.3 is 20.1 Å². The van der Waals surface area contributed by atoms with Crippen LogP contribution in [0.25, 0.3) is 0 Å². The third-order valence-electron chi connectivity index (χ3n) is 4.07. The fraction of sp³-hybridized carbons (Fsp3) is 0.529. The molecule has 126 valence electrons. The number of aliphatic carboxylic acids is 1. The predicted molar refractivity (Wildman–Crippen MR) is 86.6 cm³/mol. The molecule has 6 nitrogen and oxygen atoms in total. The first-order valence-corrected chi connectivity index (χ1v) is 8.08. The second-order valence-electron chi connectivity index (χ2n) is 5.62. The van der Waals surface area contributed by atoms with Gasteiger partial charge in [-0.15, -0.1) is 0 Å². The summed E-state index contributed by atoms with van der Waals surface area (Å²) in [7, 11) is 0.